The van der Waals surface area contributed by atoms with Crippen molar-refractivity contribution >= 4 is 7.82 Å². The van der Waals surface area contributed by atoms with Gasteiger partial charge in [0.25, 0.3) is 5.56 Å². The van der Waals surface area contributed by atoms with Gasteiger partial charge in [0.15, 0.2) is 6.23 Å². The fourth-order valence-electron chi connectivity index (χ4n) is 1.89. The molecular formula is C9H11Li2N2O9P. The van der Waals surface area contributed by atoms with Crippen molar-refractivity contribution in [3.63, 3.8) is 0 Å². The topological polar surface area (TPSA) is 177 Å². The Morgan fingerprint density at radius 1 is 1.30 bits per heavy atom. The first-order valence-electron chi connectivity index (χ1n) is 5.69. The molecule has 0 amide bonds. The monoisotopic (exact) mass is 345 g/mol. The van der Waals surface area contributed by atoms with Crippen LogP contribution in [0.2, 0.25) is 0 Å². The maximum atomic E-state index is 11.6. The van der Waals surface area contributed by atoms with E-state index in [-0.39, 0.29) is 37.7 Å². The van der Waals surface area contributed by atoms with Gasteiger partial charge in [-0.2, -0.15) is 0 Å². The minimum atomic E-state index is -5.26. The Morgan fingerprint density at radius 3 is 2.43 bits per heavy atom. The third kappa shape index (κ3) is 5.71. The Bertz CT molecular complexity index is 673. The van der Waals surface area contributed by atoms with Gasteiger partial charge in [-0.3, -0.25) is 14.3 Å². The van der Waals surface area contributed by atoms with Gasteiger partial charge in [0.05, 0.1) is 14.4 Å². The quantitative estimate of drug-likeness (QED) is 0.271. The molecule has 1 aliphatic heterocycles. The second-order valence-electron chi connectivity index (χ2n) is 4.31. The number of hydrogen-bond donors (Lipinski definition) is 3. The van der Waals surface area contributed by atoms with Crippen LogP contribution >= 0.6 is 7.82 Å². The summed E-state index contributed by atoms with van der Waals surface area (Å²) in [5.74, 6) is 0. The normalized spacial score (nSPS) is 27.1. The molecule has 1 aliphatic rings. The van der Waals surface area contributed by atoms with E-state index in [2.05, 4.69) is 4.52 Å². The van der Waals surface area contributed by atoms with Crippen molar-refractivity contribution in [3.05, 3.63) is 33.1 Å². The molecule has 0 aromatic carbocycles. The number of phosphoric acid groups is 1. The van der Waals surface area contributed by atoms with E-state index >= 15 is 0 Å². The number of aromatic nitrogens is 2. The molecule has 23 heavy (non-hydrogen) atoms. The summed E-state index contributed by atoms with van der Waals surface area (Å²) in [7, 11) is -5.26. The summed E-state index contributed by atoms with van der Waals surface area (Å²) in [4.78, 5) is 45.2. The number of H-pyrrole nitrogens is 1. The van der Waals surface area contributed by atoms with Crippen LogP contribution in [0.25, 0.3) is 0 Å². The third-order valence-corrected chi connectivity index (χ3v) is 3.32. The van der Waals surface area contributed by atoms with E-state index in [9.17, 15) is 34.2 Å². The summed E-state index contributed by atoms with van der Waals surface area (Å²) in [6.45, 7) is -0.808. The van der Waals surface area contributed by atoms with E-state index in [0.717, 1.165) is 16.8 Å². The number of phosphoric ester groups is 1. The maximum absolute atomic E-state index is 11.6. The molecule has 1 saturated heterocycles. The zero-order chi connectivity index (χ0) is 15.8. The molecule has 3 N–H and O–H groups in total. The molecule has 2 heterocycles. The number of aromatic amines is 1. The fraction of sp³-hybridized carbons (Fsp3) is 0.556. The van der Waals surface area contributed by atoms with Gasteiger partial charge in [-0.15, -0.1) is 0 Å². The largest absolute Gasteiger partial charge is 1.00 e. The molecule has 0 saturated carbocycles. The summed E-state index contributed by atoms with van der Waals surface area (Å²) in [5.41, 5.74) is -1.55. The van der Waals surface area contributed by atoms with E-state index in [0.29, 0.717) is 0 Å². The van der Waals surface area contributed by atoms with Crippen LogP contribution in [0.1, 0.15) is 6.23 Å². The van der Waals surface area contributed by atoms with Crippen molar-refractivity contribution in [2.45, 2.75) is 24.5 Å². The van der Waals surface area contributed by atoms with Gasteiger partial charge in [0.2, 0.25) is 0 Å². The SMILES string of the molecule is O=[13c]1[13cH][13cH]n([13C@@H]2O[13C@H]([13CH2]OP(=O)([O-])[O-])[13C@H](O)[13CH]2O)[13c](=O)[nH]1.[Li+].[Li+]. The second kappa shape index (κ2) is 8.81. The smallest absolute Gasteiger partial charge is 0.790 e. The van der Waals surface area contributed by atoms with Crippen LogP contribution in [-0.2, 0) is 13.8 Å². The van der Waals surface area contributed by atoms with Gasteiger partial charge in [-0.05, 0) is 0 Å². The Labute approximate surface area is 153 Å². The molecule has 2 rings (SSSR count). The van der Waals surface area contributed by atoms with Gasteiger partial charge in [0.1, 0.15) is 18.3 Å². The summed E-state index contributed by atoms with van der Waals surface area (Å²) >= 11 is 0. The number of nitrogens with one attached hydrogen (secondary N) is 1. The molecule has 4 atom stereocenters. The summed E-state index contributed by atoms with van der Waals surface area (Å²) in [6, 6.07) is 0.997. The van der Waals surface area contributed by atoms with E-state index in [1.165, 1.54) is 0 Å². The summed E-state index contributed by atoms with van der Waals surface area (Å²) in [5, 5.41) is 19.5. The molecule has 0 radical (unpaired) electrons. The Kier molecular flexibility index (Phi) is 8.76. The van der Waals surface area contributed by atoms with E-state index in [4.69, 9.17) is 4.74 Å². The number of aliphatic hydroxyl groups excluding tert-OH is 2. The number of ether oxygens (including phenoxy) is 1. The molecule has 11 nitrogen and oxygen atoms in total. The summed E-state index contributed by atoms with van der Waals surface area (Å²) < 4.78 is 20.3. The molecule has 0 bridgehead atoms. The zero-order valence-electron chi connectivity index (χ0n) is 12.3. The maximum Gasteiger partial charge on any atom is 1.00 e. The number of nitrogens with zero attached hydrogens (tertiary/aromatic N) is 1. The van der Waals surface area contributed by atoms with Crippen molar-refractivity contribution in [1.82, 2.24) is 9.55 Å². The van der Waals surface area contributed by atoms with Crippen molar-refractivity contribution < 1.29 is 71.5 Å². The molecule has 14 heteroatoms. The minimum Gasteiger partial charge on any atom is -0.790 e. The molecule has 1 unspecified atom stereocenters. The second-order valence-corrected chi connectivity index (χ2v) is 5.46. The molecule has 1 fully saturated rings. The molecule has 0 spiro atoms. The predicted molar refractivity (Wildman–Crippen MR) is 60.8 cm³/mol. The van der Waals surface area contributed by atoms with Gasteiger partial charge >= 0.3 is 43.4 Å². The van der Waals surface area contributed by atoms with Gasteiger partial charge in [-0.25, -0.2) is 4.79 Å². The van der Waals surface area contributed by atoms with Crippen LogP contribution in [0.4, 0.5) is 0 Å². The Hall–Kier alpha value is -0.135. The standard InChI is InChI=1S/C9H13N2O9P.2Li/c12-5-1-2-11(9(15)10-5)8-7(14)6(13)4(20-8)3-19-21(16,17)18;;/h1-2,4,6-8,13-14H,3H2,(H,10,12,15)(H2,16,17,18);;/q;2*+1/p-2/t4-,6+,7?,8-;;/m1../s1/i1+1,2+1,3+1,4+1,5+1,6+1,7+1,8+1,9+1;;. The van der Waals surface area contributed by atoms with E-state index < -0.39 is 50.2 Å². The van der Waals surface area contributed by atoms with Crippen molar-refractivity contribution in [2.24, 2.45) is 0 Å². The van der Waals surface area contributed by atoms with Crippen molar-refractivity contribution in [3.8, 4) is 0 Å². The molecular weight excluding hydrogens is 334 g/mol. The number of rotatable bonds is 4. The van der Waals surface area contributed by atoms with E-state index in [1.807, 2.05) is 4.98 Å². The minimum absolute atomic E-state index is 0. The van der Waals surface area contributed by atoms with Crippen LogP contribution in [-0.4, -0.2) is 44.7 Å². The van der Waals surface area contributed by atoms with Crippen LogP contribution in [0.5, 0.6) is 0 Å². The van der Waals surface area contributed by atoms with E-state index in [1.54, 1.807) is 0 Å². The first kappa shape index (κ1) is 22.9. The fourth-order valence-corrected chi connectivity index (χ4v) is 2.22. The summed E-state index contributed by atoms with van der Waals surface area (Å²) in [6.07, 6.45) is -4.83. The Morgan fingerprint density at radius 2 is 1.91 bits per heavy atom. The van der Waals surface area contributed by atoms with Crippen LogP contribution in [0.3, 0.4) is 0 Å². The third-order valence-electron chi connectivity index (χ3n) is 2.86. The van der Waals surface area contributed by atoms with Crippen molar-refractivity contribution in [1.29, 1.82) is 0 Å². The van der Waals surface area contributed by atoms with Crippen LogP contribution in [0, 0.1) is 0 Å². The van der Waals surface area contributed by atoms with Gasteiger partial charge in [0, 0.05) is 12.3 Å². The van der Waals surface area contributed by atoms with Crippen LogP contribution < -0.4 is 58.8 Å². The van der Waals surface area contributed by atoms with Crippen LogP contribution in [0.15, 0.2) is 21.9 Å². The van der Waals surface area contributed by atoms with Crippen molar-refractivity contribution in [2.75, 3.05) is 6.61 Å². The molecule has 118 valence electrons. The molecule has 1 aromatic rings. The number of hydrogen-bond acceptors (Lipinski definition) is 9. The zero-order valence-corrected chi connectivity index (χ0v) is 13.2. The Balaban J connectivity index is 0.00000242. The first-order valence-corrected chi connectivity index (χ1v) is 7.15. The molecule has 0 aliphatic carbocycles. The predicted octanol–water partition coefficient (Wildman–Crippen LogP) is -9.99. The number of aliphatic hydroxyl groups is 2. The first-order chi connectivity index (χ1) is 9.69. The van der Waals surface area contributed by atoms with Gasteiger partial charge < -0.3 is 33.8 Å². The van der Waals surface area contributed by atoms with Gasteiger partial charge in [-0.1, -0.05) is 0 Å². The average Bonchev–Trinajstić information content (AvgIpc) is 2.64. The molecule has 1 aromatic heterocycles. The average molecular weight is 345 g/mol.